The van der Waals surface area contributed by atoms with Gasteiger partial charge in [0.1, 0.15) is 12.7 Å². The number of carbonyl (C=O) groups is 1. The molecule has 2 aromatic rings. The van der Waals surface area contributed by atoms with Crippen molar-refractivity contribution in [2.24, 2.45) is 0 Å². The summed E-state index contributed by atoms with van der Waals surface area (Å²) in [6.07, 6.45) is 4.84. The molecule has 2 rings (SSSR count). The molecule has 0 aliphatic carbocycles. The van der Waals surface area contributed by atoms with E-state index in [1.54, 1.807) is 0 Å². The Kier molecular flexibility index (Phi) is 5.57. The Bertz CT molecular complexity index is 563. The maximum atomic E-state index is 11.6. The van der Waals surface area contributed by atoms with Crippen molar-refractivity contribution in [3.63, 3.8) is 0 Å². The van der Waals surface area contributed by atoms with E-state index >= 15 is 0 Å². The van der Waals surface area contributed by atoms with Crippen LogP contribution in [-0.2, 0) is 9.53 Å². The number of rotatable bonds is 6. The summed E-state index contributed by atoms with van der Waals surface area (Å²) in [6.45, 7) is 0.180. The minimum Gasteiger partial charge on any atom is -0.359 e. The molecule has 3 heteroatoms. The summed E-state index contributed by atoms with van der Waals surface area (Å²) < 4.78 is 5.79. The monoisotopic (exact) mass is 279 g/mol. The normalized spacial score (nSPS) is 10.1. The van der Waals surface area contributed by atoms with Crippen LogP contribution in [0.1, 0.15) is 17.2 Å². The molecule has 0 bridgehead atoms. The van der Waals surface area contributed by atoms with E-state index in [1.165, 1.54) is 0 Å². The van der Waals surface area contributed by atoms with Gasteiger partial charge in [-0.2, -0.15) is 0 Å². The van der Waals surface area contributed by atoms with E-state index in [0.29, 0.717) is 0 Å². The Hall–Kier alpha value is -2.57. The molecule has 0 atom stereocenters. The Morgan fingerprint density at radius 1 is 1.05 bits per heavy atom. The number of nitrogens with one attached hydrogen (secondary N) is 1. The highest BCUT2D eigenvalue weighted by Crippen LogP contribution is 2.25. The maximum Gasteiger partial charge on any atom is 0.246 e. The molecule has 3 nitrogen and oxygen atoms in total. The number of hydrogen-bond donors (Lipinski definition) is 1. The number of hydrogen-bond acceptors (Lipinski definition) is 2. The van der Waals surface area contributed by atoms with Crippen LogP contribution in [0.25, 0.3) is 0 Å². The third-order valence-electron chi connectivity index (χ3n) is 2.97. The van der Waals surface area contributed by atoms with Crippen molar-refractivity contribution in [2.75, 3.05) is 13.2 Å². The minimum atomic E-state index is -0.274. The van der Waals surface area contributed by atoms with Gasteiger partial charge in [0, 0.05) is 0 Å². The first-order chi connectivity index (χ1) is 10.3. The average molecular weight is 279 g/mol. The SMILES string of the molecule is C#CCNC(=O)COC(c1ccccc1)c1ccccc1. The molecule has 0 saturated heterocycles. The van der Waals surface area contributed by atoms with Gasteiger partial charge in [0.2, 0.25) is 5.91 Å². The van der Waals surface area contributed by atoms with Crippen LogP contribution in [0.3, 0.4) is 0 Å². The first-order valence-corrected chi connectivity index (χ1v) is 6.73. The van der Waals surface area contributed by atoms with Gasteiger partial charge in [-0.1, -0.05) is 66.6 Å². The number of carbonyl (C=O) groups excluding carboxylic acids is 1. The lowest BCUT2D eigenvalue weighted by atomic mass is 10.0. The van der Waals surface area contributed by atoms with Crippen LogP contribution in [0.5, 0.6) is 0 Å². The highest BCUT2D eigenvalue weighted by molar-refractivity contribution is 5.77. The van der Waals surface area contributed by atoms with Crippen LogP contribution in [0.2, 0.25) is 0 Å². The van der Waals surface area contributed by atoms with Crippen LogP contribution in [-0.4, -0.2) is 19.1 Å². The van der Waals surface area contributed by atoms with Crippen molar-refractivity contribution in [2.45, 2.75) is 6.10 Å². The van der Waals surface area contributed by atoms with Crippen LogP contribution in [0, 0.1) is 12.3 Å². The Balaban J connectivity index is 2.11. The van der Waals surface area contributed by atoms with Gasteiger partial charge in [0.25, 0.3) is 0 Å². The molecule has 0 radical (unpaired) electrons. The third kappa shape index (κ3) is 4.48. The van der Waals surface area contributed by atoms with E-state index < -0.39 is 0 Å². The standard InChI is InChI=1S/C18H17NO2/c1-2-13-19-17(20)14-21-18(15-9-5-3-6-10-15)16-11-7-4-8-12-16/h1,3-12,18H,13-14H2,(H,19,20). The molecular weight excluding hydrogens is 262 g/mol. The van der Waals surface area contributed by atoms with Gasteiger partial charge in [-0.25, -0.2) is 0 Å². The first kappa shape index (κ1) is 14.8. The van der Waals surface area contributed by atoms with Crippen molar-refractivity contribution in [3.05, 3.63) is 71.8 Å². The van der Waals surface area contributed by atoms with Gasteiger partial charge in [0.15, 0.2) is 0 Å². The molecule has 106 valence electrons. The van der Waals surface area contributed by atoms with Crippen LogP contribution < -0.4 is 5.32 Å². The average Bonchev–Trinajstić information content (AvgIpc) is 2.55. The zero-order chi connectivity index (χ0) is 14.9. The zero-order valence-electron chi connectivity index (χ0n) is 11.7. The van der Waals surface area contributed by atoms with E-state index in [2.05, 4.69) is 11.2 Å². The summed E-state index contributed by atoms with van der Waals surface area (Å²) >= 11 is 0. The molecule has 0 fully saturated rings. The fourth-order valence-corrected chi connectivity index (χ4v) is 2.00. The second-order valence-electron chi connectivity index (χ2n) is 4.49. The lowest BCUT2D eigenvalue weighted by Crippen LogP contribution is -2.28. The lowest BCUT2D eigenvalue weighted by Gasteiger charge is -2.18. The number of benzene rings is 2. The first-order valence-electron chi connectivity index (χ1n) is 6.73. The van der Waals surface area contributed by atoms with Gasteiger partial charge in [-0.15, -0.1) is 6.42 Å². The molecule has 0 aliphatic rings. The van der Waals surface area contributed by atoms with Crippen LogP contribution in [0.4, 0.5) is 0 Å². The van der Waals surface area contributed by atoms with E-state index in [9.17, 15) is 4.79 Å². The third-order valence-corrected chi connectivity index (χ3v) is 2.97. The molecule has 0 aliphatic heterocycles. The number of ether oxygens (including phenoxy) is 1. The fraction of sp³-hybridized carbons (Fsp3) is 0.167. The predicted molar refractivity (Wildman–Crippen MR) is 82.5 cm³/mol. The molecule has 0 spiro atoms. The molecule has 0 saturated carbocycles. The van der Waals surface area contributed by atoms with Crippen molar-refractivity contribution >= 4 is 5.91 Å². The summed E-state index contributed by atoms with van der Waals surface area (Å²) in [6, 6.07) is 19.6. The topological polar surface area (TPSA) is 38.3 Å². The van der Waals surface area contributed by atoms with Gasteiger partial charge in [-0.3, -0.25) is 4.79 Å². The molecule has 2 aromatic carbocycles. The van der Waals surface area contributed by atoms with Crippen molar-refractivity contribution < 1.29 is 9.53 Å². The largest absolute Gasteiger partial charge is 0.359 e. The predicted octanol–water partition coefficient (Wildman–Crippen LogP) is 2.54. The fourth-order valence-electron chi connectivity index (χ4n) is 2.00. The maximum absolute atomic E-state index is 11.6. The van der Waals surface area contributed by atoms with E-state index in [4.69, 9.17) is 11.2 Å². The summed E-state index contributed by atoms with van der Waals surface area (Å²) in [5.41, 5.74) is 2.02. The van der Waals surface area contributed by atoms with Crippen molar-refractivity contribution in [1.29, 1.82) is 0 Å². The Morgan fingerprint density at radius 2 is 1.57 bits per heavy atom. The lowest BCUT2D eigenvalue weighted by molar-refractivity contribution is -0.126. The molecule has 0 aromatic heterocycles. The summed E-state index contributed by atoms with van der Waals surface area (Å²) in [5, 5.41) is 2.59. The number of terminal acetylenes is 1. The molecular formula is C18H17NO2. The van der Waals surface area contributed by atoms with Gasteiger partial charge >= 0.3 is 0 Å². The second-order valence-corrected chi connectivity index (χ2v) is 4.49. The summed E-state index contributed by atoms with van der Waals surface area (Å²) in [7, 11) is 0. The van der Waals surface area contributed by atoms with Gasteiger partial charge in [0.05, 0.1) is 6.54 Å². The highest BCUT2D eigenvalue weighted by atomic mass is 16.5. The molecule has 1 amide bonds. The zero-order valence-corrected chi connectivity index (χ0v) is 11.7. The molecule has 0 heterocycles. The van der Waals surface area contributed by atoms with E-state index in [-0.39, 0.29) is 25.2 Å². The Morgan fingerprint density at radius 3 is 2.05 bits per heavy atom. The van der Waals surface area contributed by atoms with Crippen LogP contribution in [0.15, 0.2) is 60.7 Å². The van der Waals surface area contributed by atoms with E-state index in [0.717, 1.165) is 11.1 Å². The highest BCUT2D eigenvalue weighted by Gasteiger charge is 2.15. The summed E-state index contributed by atoms with van der Waals surface area (Å²) in [4.78, 5) is 11.6. The quantitative estimate of drug-likeness (QED) is 0.825. The molecule has 0 unspecified atom stereocenters. The van der Waals surface area contributed by atoms with Crippen molar-refractivity contribution in [1.82, 2.24) is 5.32 Å². The smallest absolute Gasteiger partial charge is 0.246 e. The Labute approximate surface area is 125 Å². The van der Waals surface area contributed by atoms with Gasteiger partial charge in [-0.05, 0) is 11.1 Å². The summed E-state index contributed by atoms with van der Waals surface area (Å²) in [5.74, 6) is 2.14. The van der Waals surface area contributed by atoms with Crippen LogP contribution >= 0.6 is 0 Å². The molecule has 21 heavy (non-hydrogen) atoms. The van der Waals surface area contributed by atoms with Crippen molar-refractivity contribution in [3.8, 4) is 12.3 Å². The number of amides is 1. The molecule has 1 N–H and O–H groups in total. The minimum absolute atomic E-state index is 0.0316. The second kappa shape index (κ2) is 7.88. The van der Waals surface area contributed by atoms with Gasteiger partial charge < -0.3 is 10.1 Å². The van der Waals surface area contributed by atoms with E-state index in [1.807, 2.05) is 60.7 Å².